The van der Waals surface area contributed by atoms with Gasteiger partial charge in [-0.05, 0) is 6.92 Å². The summed E-state index contributed by atoms with van der Waals surface area (Å²) in [6, 6.07) is 0. The highest BCUT2D eigenvalue weighted by atomic mass is 35.5. The molecule has 11 heavy (non-hydrogen) atoms. The lowest BCUT2D eigenvalue weighted by molar-refractivity contribution is 0.913. The van der Waals surface area contributed by atoms with Crippen molar-refractivity contribution in [3.63, 3.8) is 0 Å². The molecule has 5 heteroatoms. The minimum atomic E-state index is 0. The van der Waals surface area contributed by atoms with Crippen molar-refractivity contribution >= 4 is 35.4 Å². The average Bonchev–Trinajstić information content (AvgIpc) is 2.13. The van der Waals surface area contributed by atoms with Crippen molar-refractivity contribution in [1.82, 2.24) is 9.55 Å². The molecule has 0 aliphatic carbocycles. The predicted octanol–water partition coefficient (Wildman–Crippen LogP) is 1.60. The molecule has 0 spiro atoms. The fraction of sp³-hybridized carbons (Fsp3) is 0.333. The molecule has 0 unspecified atom stereocenters. The third kappa shape index (κ3) is 3.34. The molecule has 0 fully saturated rings. The highest BCUT2D eigenvalue weighted by Crippen LogP contribution is 1.99. The maximum atomic E-state index is 4.83. The highest BCUT2D eigenvalue weighted by molar-refractivity contribution is 7.80. The zero-order valence-corrected chi connectivity index (χ0v) is 8.00. The number of nitrogens with one attached hydrogen (secondary N) is 1. The van der Waals surface area contributed by atoms with Gasteiger partial charge in [-0.2, -0.15) is 0 Å². The average molecular weight is 192 g/mol. The van der Waals surface area contributed by atoms with Crippen LogP contribution in [0, 0.1) is 0 Å². The number of aromatic nitrogens is 2. The van der Waals surface area contributed by atoms with Gasteiger partial charge in [0.15, 0.2) is 0 Å². The smallest absolute Gasteiger partial charge is 0.148 e. The first-order chi connectivity index (χ1) is 4.68. The number of nitrogens with zero attached hydrogens (tertiary/aromatic N) is 2. The topological polar surface area (TPSA) is 29.9 Å². The van der Waals surface area contributed by atoms with E-state index in [1.54, 1.807) is 6.33 Å². The number of imidazole rings is 1. The van der Waals surface area contributed by atoms with Crippen molar-refractivity contribution in [3.05, 3.63) is 12.5 Å². The summed E-state index contributed by atoms with van der Waals surface area (Å²) in [5.41, 5.74) is 0. The van der Waals surface area contributed by atoms with Crippen LogP contribution < -0.4 is 5.32 Å². The Bertz CT molecular complexity index is 246. The van der Waals surface area contributed by atoms with Crippen molar-refractivity contribution in [2.24, 2.45) is 7.05 Å². The molecule has 0 bridgehead atoms. The van der Waals surface area contributed by atoms with E-state index in [2.05, 4.69) is 10.3 Å². The van der Waals surface area contributed by atoms with E-state index >= 15 is 0 Å². The van der Waals surface area contributed by atoms with Crippen molar-refractivity contribution in [2.75, 3.05) is 5.32 Å². The monoisotopic (exact) mass is 191 g/mol. The number of rotatable bonds is 1. The Hall–Kier alpha value is -0.610. The van der Waals surface area contributed by atoms with Crippen LogP contribution in [0.1, 0.15) is 6.92 Å². The van der Waals surface area contributed by atoms with E-state index in [0.29, 0.717) is 0 Å². The van der Waals surface area contributed by atoms with Crippen LogP contribution >= 0.6 is 24.6 Å². The molecule has 3 nitrogen and oxygen atoms in total. The number of aryl methyl sites for hydroxylation is 1. The van der Waals surface area contributed by atoms with Gasteiger partial charge in [0.1, 0.15) is 5.82 Å². The minimum absolute atomic E-state index is 0. The summed E-state index contributed by atoms with van der Waals surface area (Å²) >= 11 is 4.83. The van der Waals surface area contributed by atoms with Crippen LogP contribution in [0.5, 0.6) is 0 Å². The molecule has 0 aliphatic heterocycles. The summed E-state index contributed by atoms with van der Waals surface area (Å²) in [6.07, 6.45) is 3.59. The molecular formula is C6H10ClN3S. The molecule has 1 aromatic heterocycles. The number of halogens is 1. The second-order valence-electron chi connectivity index (χ2n) is 2.11. The van der Waals surface area contributed by atoms with E-state index in [1.807, 2.05) is 24.7 Å². The van der Waals surface area contributed by atoms with Gasteiger partial charge in [0.2, 0.25) is 0 Å². The Morgan fingerprint density at radius 2 is 2.36 bits per heavy atom. The molecule has 0 amide bonds. The Morgan fingerprint density at radius 1 is 1.73 bits per heavy atom. The van der Waals surface area contributed by atoms with Crippen molar-refractivity contribution in [3.8, 4) is 0 Å². The summed E-state index contributed by atoms with van der Waals surface area (Å²) in [7, 11) is 1.91. The largest absolute Gasteiger partial charge is 0.338 e. The first kappa shape index (κ1) is 10.4. The molecule has 0 aliphatic rings. The molecule has 1 aromatic rings. The third-order valence-electron chi connectivity index (χ3n) is 1.01. The molecule has 62 valence electrons. The van der Waals surface area contributed by atoms with Gasteiger partial charge in [-0.15, -0.1) is 12.4 Å². The van der Waals surface area contributed by atoms with Gasteiger partial charge in [-0.25, -0.2) is 4.98 Å². The molecule has 0 radical (unpaired) electrons. The molecule has 1 rings (SSSR count). The molecule has 1 heterocycles. The van der Waals surface area contributed by atoms with Crippen molar-refractivity contribution in [1.29, 1.82) is 0 Å². The van der Waals surface area contributed by atoms with E-state index < -0.39 is 0 Å². The van der Waals surface area contributed by atoms with Crippen LogP contribution in [0.25, 0.3) is 0 Å². The number of anilines is 1. The summed E-state index contributed by atoms with van der Waals surface area (Å²) < 4.78 is 1.86. The Morgan fingerprint density at radius 3 is 2.73 bits per heavy atom. The van der Waals surface area contributed by atoms with E-state index in [1.165, 1.54) is 0 Å². The van der Waals surface area contributed by atoms with Gasteiger partial charge in [-0.1, -0.05) is 12.2 Å². The first-order valence-electron chi connectivity index (χ1n) is 2.94. The lowest BCUT2D eigenvalue weighted by atomic mass is 10.6. The maximum Gasteiger partial charge on any atom is 0.148 e. The number of hydrogen-bond donors (Lipinski definition) is 1. The molecular weight excluding hydrogens is 182 g/mol. The van der Waals surface area contributed by atoms with Crippen LogP contribution in [0.4, 0.5) is 5.82 Å². The van der Waals surface area contributed by atoms with E-state index in [4.69, 9.17) is 12.2 Å². The standard InChI is InChI=1S/C6H9N3S.ClH/c1-5(10)8-6-3-9(2)4-7-6;/h3-4H,1-2H3,(H,8,10);1H. The summed E-state index contributed by atoms with van der Waals surface area (Å²) in [6.45, 7) is 1.82. The summed E-state index contributed by atoms with van der Waals surface area (Å²) in [5.74, 6) is 0.801. The molecule has 0 saturated heterocycles. The quantitative estimate of drug-likeness (QED) is 0.684. The third-order valence-corrected chi connectivity index (χ3v) is 1.11. The second-order valence-corrected chi connectivity index (χ2v) is 2.72. The summed E-state index contributed by atoms with van der Waals surface area (Å²) in [4.78, 5) is 4.76. The lowest BCUT2D eigenvalue weighted by Crippen LogP contribution is -2.02. The Balaban J connectivity index is 0.000001000. The van der Waals surface area contributed by atoms with Gasteiger partial charge in [0.25, 0.3) is 0 Å². The van der Waals surface area contributed by atoms with Gasteiger partial charge in [0, 0.05) is 13.2 Å². The van der Waals surface area contributed by atoms with Crippen LogP contribution in [-0.2, 0) is 7.05 Å². The molecule has 1 N–H and O–H groups in total. The fourth-order valence-corrected chi connectivity index (χ4v) is 0.762. The van der Waals surface area contributed by atoms with Crippen molar-refractivity contribution < 1.29 is 0 Å². The van der Waals surface area contributed by atoms with Crippen LogP contribution in [0.15, 0.2) is 12.5 Å². The lowest BCUT2D eigenvalue weighted by Gasteiger charge is -1.95. The fourth-order valence-electron chi connectivity index (χ4n) is 0.658. The van der Waals surface area contributed by atoms with E-state index in [0.717, 1.165) is 10.8 Å². The normalized spacial score (nSPS) is 8.55. The minimum Gasteiger partial charge on any atom is -0.338 e. The SMILES string of the molecule is CC(=S)Nc1cn(C)cn1.Cl. The first-order valence-corrected chi connectivity index (χ1v) is 3.35. The van der Waals surface area contributed by atoms with Crippen molar-refractivity contribution in [2.45, 2.75) is 6.92 Å². The zero-order valence-electron chi connectivity index (χ0n) is 6.37. The zero-order chi connectivity index (χ0) is 7.56. The van der Waals surface area contributed by atoms with Gasteiger partial charge in [0.05, 0.1) is 11.3 Å². The predicted molar refractivity (Wildman–Crippen MR) is 52.4 cm³/mol. The van der Waals surface area contributed by atoms with Crippen LogP contribution in [-0.4, -0.2) is 14.5 Å². The maximum absolute atomic E-state index is 4.83. The Kier molecular flexibility index (Phi) is 4.07. The van der Waals surface area contributed by atoms with Gasteiger partial charge in [-0.3, -0.25) is 0 Å². The number of hydrogen-bond acceptors (Lipinski definition) is 2. The van der Waals surface area contributed by atoms with E-state index in [9.17, 15) is 0 Å². The summed E-state index contributed by atoms with van der Waals surface area (Å²) in [5, 5.41) is 2.93. The highest BCUT2D eigenvalue weighted by Gasteiger charge is 1.93. The van der Waals surface area contributed by atoms with Crippen LogP contribution in [0.3, 0.4) is 0 Å². The molecule has 0 aromatic carbocycles. The van der Waals surface area contributed by atoms with Crippen LogP contribution in [0.2, 0.25) is 0 Å². The van der Waals surface area contributed by atoms with Gasteiger partial charge < -0.3 is 9.88 Å². The molecule has 0 atom stereocenters. The van der Waals surface area contributed by atoms with E-state index in [-0.39, 0.29) is 12.4 Å². The second kappa shape index (κ2) is 4.31. The number of thiocarbonyl (C=S) groups is 1. The Labute approximate surface area is 77.2 Å². The van der Waals surface area contributed by atoms with Gasteiger partial charge >= 0.3 is 0 Å². The molecule has 0 saturated carbocycles.